The number of ether oxygens (including phenoxy) is 2. The van der Waals surface area contributed by atoms with E-state index in [0.717, 1.165) is 0 Å². The monoisotopic (exact) mass is 256 g/mol. The molecule has 0 aromatic rings. The minimum absolute atomic E-state index is 0.0707. The standard InChI is InChI=1S/C13H20O5/c1-4-13(2,3)12(16)18-9-6-7-5-8(11(14)15)10(9)17-7/h7-10H,4-6H2,1-3H3,(H,14,15). The molecule has 4 atom stereocenters. The molecule has 2 fully saturated rings. The van der Waals surface area contributed by atoms with Crippen LogP contribution in [0.15, 0.2) is 0 Å². The van der Waals surface area contributed by atoms with E-state index in [4.69, 9.17) is 14.6 Å². The summed E-state index contributed by atoms with van der Waals surface area (Å²) in [7, 11) is 0. The molecule has 2 rings (SSSR count). The summed E-state index contributed by atoms with van der Waals surface area (Å²) in [6.07, 6.45) is 0.909. The van der Waals surface area contributed by atoms with E-state index in [9.17, 15) is 9.59 Å². The Morgan fingerprint density at radius 1 is 1.39 bits per heavy atom. The van der Waals surface area contributed by atoms with E-state index in [1.807, 2.05) is 20.8 Å². The molecule has 2 heterocycles. The largest absolute Gasteiger partial charge is 0.481 e. The second-order valence-corrected chi connectivity index (χ2v) is 5.82. The highest BCUT2D eigenvalue weighted by Gasteiger charge is 2.53. The molecule has 0 amide bonds. The molecule has 0 spiro atoms. The number of carboxylic acids is 1. The van der Waals surface area contributed by atoms with Crippen molar-refractivity contribution in [1.29, 1.82) is 0 Å². The highest BCUT2D eigenvalue weighted by molar-refractivity contribution is 5.76. The van der Waals surface area contributed by atoms with Crippen LogP contribution in [0.4, 0.5) is 0 Å². The molecule has 2 aliphatic rings. The topological polar surface area (TPSA) is 72.8 Å². The van der Waals surface area contributed by atoms with E-state index in [1.165, 1.54) is 0 Å². The van der Waals surface area contributed by atoms with Crippen molar-refractivity contribution >= 4 is 11.9 Å². The van der Waals surface area contributed by atoms with Crippen LogP contribution in [0.1, 0.15) is 40.0 Å². The van der Waals surface area contributed by atoms with Gasteiger partial charge in [-0.05, 0) is 26.7 Å². The van der Waals surface area contributed by atoms with Gasteiger partial charge in [0, 0.05) is 6.42 Å². The molecular weight excluding hydrogens is 236 g/mol. The lowest BCUT2D eigenvalue weighted by Crippen LogP contribution is -2.40. The normalized spacial score (nSPS) is 34.6. The molecule has 18 heavy (non-hydrogen) atoms. The van der Waals surface area contributed by atoms with Crippen LogP contribution >= 0.6 is 0 Å². The van der Waals surface area contributed by atoms with E-state index >= 15 is 0 Å². The summed E-state index contributed by atoms with van der Waals surface area (Å²) in [5.41, 5.74) is -0.527. The molecule has 5 nitrogen and oxygen atoms in total. The Bertz CT molecular complexity index is 362. The van der Waals surface area contributed by atoms with Crippen LogP contribution in [0.25, 0.3) is 0 Å². The number of carbonyl (C=O) groups is 2. The van der Waals surface area contributed by atoms with Gasteiger partial charge in [0.25, 0.3) is 0 Å². The van der Waals surface area contributed by atoms with Gasteiger partial charge in [0.05, 0.1) is 17.4 Å². The summed E-state index contributed by atoms with van der Waals surface area (Å²) >= 11 is 0. The van der Waals surface area contributed by atoms with Crippen LogP contribution in [0, 0.1) is 11.3 Å². The third kappa shape index (κ3) is 2.23. The van der Waals surface area contributed by atoms with Gasteiger partial charge in [0.2, 0.25) is 0 Å². The second-order valence-electron chi connectivity index (χ2n) is 5.82. The number of aliphatic carboxylic acids is 1. The number of carboxylic acid groups (broad SMARTS) is 1. The lowest BCUT2D eigenvalue weighted by molar-refractivity contribution is -0.166. The fourth-order valence-corrected chi connectivity index (χ4v) is 2.48. The van der Waals surface area contributed by atoms with Gasteiger partial charge in [0.1, 0.15) is 12.2 Å². The summed E-state index contributed by atoms with van der Waals surface area (Å²) in [6.45, 7) is 5.59. The zero-order valence-corrected chi connectivity index (χ0v) is 11.0. The van der Waals surface area contributed by atoms with Gasteiger partial charge in [0.15, 0.2) is 0 Å². The average Bonchev–Trinajstić information content (AvgIpc) is 2.88. The molecule has 2 saturated heterocycles. The molecule has 4 unspecified atom stereocenters. The van der Waals surface area contributed by atoms with E-state index < -0.39 is 29.5 Å². The third-order valence-corrected chi connectivity index (χ3v) is 4.14. The van der Waals surface area contributed by atoms with Gasteiger partial charge < -0.3 is 14.6 Å². The first kappa shape index (κ1) is 13.3. The summed E-state index contributed by atoms with van der Waals surface area (Å²) in [6, 6.07) is 0. The summed E-state index contributed by atoms with van der Waals surface area (Å²) in [5.74, 6) is -1.67. The summed E-state index contributed by atoms with van der Waals surface area (Å²) in [5, 5.41) is 9.07. The van der Waals surface area contributed by atoms with Crippen molar-refractivity contribution in [2.24, 2.45) is 11.3 Å². The minimum Gasteiger partial charge on any atom is -0.481 e. The zero-order chi connectivity index (χ0) is 13.5. The molecule has 0 aromatic carbocycles. The minimum atomic E-state index is -0.863. The van der Waals surface area contributed by atoms with Crippen LogP contribution in [-0.2, 0) is 19.1 Å². The van der Waals surface area contributed by atoms with Gasteiger partial charge in [-0.3, -0.25) is 9.59 Å². The van der Waals surface area contributed by atoms with E-state index in [-0.39, 0.29) is 12.1 Å². The van der Waals surface area contributed by atoms with Crippen molar-refractivity contribution in [3.63, 3.8) is 0 Å². The molecule has 1 N–H and O–H groups in total. The SMILES string of the molecule is CCC(C)(C)C(=O)OC1CC2CC(C(=O)O)C1O2. The summed E-state index contributed by atoms with van der Waals surface area (Å²) in [4.78, 5) is 23.0. The predicted octanol–water partition coefficient (Wildman–Crippen LogP) is 1.60. The van der Waals surface area contributed by atoms with Crippen molar-refractivity contribution in [2.45, 2.75) is 58.3 Å². The molecule has 5 heteroatoms. The maximum absolute atomic E-state index is 12.0. The van der Waals surface area contributed by atoms with Crippen LogP contribution in [0.3, 0.4) is 0 Å². The molecule has 0 radical (unpaired) electrons. The third-order valence-electron chi connectivity index (χ3n) is 4.14. The van der Waals surface area contributed by atoms with Crippen molar-refractivity contribution in [3.05, 3.63) is 0 Å². The molecule has 102 valence electrons. The lowest BCUT2D eigenvalue weighted by atomic mass is 9.86. The van der Waals surface area contributed by atoms with E-state index in [1.54, 1.807) is 0 Å². The number of esters is 1. The number of hydrogen-bond acceptors (Lipinski definition) is 4. The van der Waals surface area contributed by atoms with Gasteiger partial charge in [-0.15, -0.1) is 0 Å². The van der Waals surface area contributed by atoms with Crippen molar-refractivity contribution in [3.8, 4) is 0 Å². The quantitative estimate of drug-likeness (QED) is 0.773. The van der Waals surface area contributed by atoms with Gasteiger partial charge >= 0.3 is 11.9 Å². The molecule has 2 bridgehead atoms. The van der Waals surface area contributed by atoms with Crippen molar-refractivity contribution < 1.29 is 24.2 Å². The van der Waals surface area contributed by atoms with Crippen LogP contribution < -0.4 is 0 Å². The molecular formula is C13H20O5. The number of fused-ring (bicyclic) bond motifs is 2. The Hall–Kier alpha value is -1.10. The Kier molecular flexibility index (Phi) is 3.36. The molecule has 0 saturated carbocycles. The first-order chi connectivity index (χ1) is 8.35. The fraction of sp³-hybridized carbons (Fsp3) is 0.846. The second kappa shape index (κ2) is 4.53. The smallest absolute Gasteiger partial charge is 0.311 e. The predicted molar refractivity (Wildman–Crippen MR) is 63.0 cm³/mol. The number of rotatable bonds is 4. The van der Waals surface area contributed by atoms with Crippen LogP contribution in [-0.4, -0.2) is 35.4 Å². The van der Waals surface area contributed by atoms with Crippen LogP contribution in [0.5, 0.6) is 0 Å². The van der Waals surface area contributed by atoms with Gasteiger partial charge in [-0.1, -0.05) is 6.92 Å². The fourth-order valence-electron chi connectivity index (χ4n) is 2.48. The molecule has 0 aliphatic carbocycles. The number of carbonyl (C=O) groups excluding carboxylic acids is 1. The Morgan fingerprint density at radius 3 is 2.56 bits per heavy atom. The maximum atomic E-state index is 12.0. The highest BCUT2D eigenvalue weighted by Crippen LogP contribution is 2.41. The lowest BCUT2D eigenvalue weighted by Gasteiger charge is -2.28. The maximum Gasteiger partial charge on any atom is 0.311 e. The zero-order valence-electron chi connectivity index (χ0n) is 11.0. The Balaban J connectivity index is 2.00. The number of hydrogen-bond donors (Lipinski definition) is 1. The molecule has 2 aliphatic heterocycles. The van der Waals surface area contributed by atoms with Gasteiger partial charge in [-0.25, -0.2) is 0 Å². The molecule has 0 aromatic heterocycles. The first-order valence-corrected chi connectivity index (χ1v) is 6.44. The van der Waals surface area contributed by atoms with Gasteiger partial charge in [-0.2, -0.15) is 0 Å². The van der Waals surface area contributed by atoms with Crippen molar-refractivity contribution in [2.75, 3.05) is 0 Å². The first-order valence-electron chi connectivity index (χ1n) is 6.44. The highest BCUT2D eigenvalue weighted by atomic mass is 16.6. The Labute approximate surface area is 106 Å². The van der Waals surface area contributed by atoms with Crippen LogP contribution in [0.2, 0.25) is 0 Å². The summed E-state index contributed by atoms with van der Waals surface area (Å²) < 4.78 is 11.0. The average molecular weight is 256 g/mol. The van der Waals surface area contributed by atoms with E-state index in [0.29, 0.717) is 19.3 Å². The van der Waals surface area contributed by atoms with Crippen molar-refractivity contribution in [1.82, 2.24) is 0 Å². The van der Waals surface area contributed by atoms with E-state index in [2.05, 4.69) is 0 Å². The Morgan fingerprint density at radius 2 is 2.06 bits per heavy atom.